The van der Waals surface area contributed by atoms with Gasteiger partial charge in [-0.05, 0) is 37.3 Å². The summed E-state index contributed by atoms with van der Waals surface area (Å²) in [5.41, 5.74) is 2.67. The van der Waals surface area contributed by atoms with E-state index in [-0.39, 0.29) is 22.6 Å². The van der Waals surface area contributed by atoms with Gasteiger partial charge < -0.3 is 18.9 Å². The summed E-state index contributed by atoms with van der Waals surface area (Å²) >= 11 is 0. The number of aromatic nitrogens is 3. The van der Waals surface area contributed by atoms with Gasteiger partial charge in [0.2, 0.25) is 5.71 Å². The highest BCUT2D eigenvalue weighted by Gasteiger charge is 2.30. The molecule has 0 unspecified atom stereocenters. The molecule has 0 atom stereocenters. The number of hydrogen-bond donors (Lipinski definition) is 1. The molecule has 148 valence electrons. The first-order valence-corrected chi connectivity index (χ1v) is 9.84. The van der Waals surface area contributed by atoms with Crippen molar-refractivity contribution in [1.29, 1.82) is 0 Å². The van der Waals surface area contributed by atoms with Gasteiger partial charge in [-0.2, -0.15) is 0 Å². The molecule has 1 aromatic carbocycles. The normalized spacial score (nSPS) is 15.4. The zero-order valence-corrected chi connectivity index (χ0v) is 16.4. The van der Waals surface area contributed by atoms with E-state index in [0.717, 1.165) is 18.4 Å². The number of likely N-dealkylation sites (tertiary alicyclic amines) is 1. The van der Waals surface area contributed by atoms with Crippen LogP contribution in [-0.2, 0) is 7.05 Å². The van der Waals surface area contributed by atoms with Gasteiger partial charge >= 0.3 is 0 Å². The summed E-state index contributed by atoms with van der Waals surface area (Å²) in [5, 5.41) is 1.49. The summed E-state index contributed by atoms with van der Waals surface area (Å²) in [4.78, 5) is 35.3. The van der Waals surface area contributed by atoms with E-state index < -0.39 is 0 Å². The number of H-pyrrole nitrogens is 1. The molecule has 5 rings (SSSR count). The Balaban J connectivity index is 1.39. The highest BCUT2D eigenvalue weighted by molar-refractivity contribution is 6.06. The average Bonchev–Trinajstić information content (AvgIpc) is 3.31. The van der Waals surface area contributed by atoms with Crippen molar-refractivity contribution in [3.05, 3.63) is 64.0 Å². The third-order valence-corrected chi connectivity index (χ3v) is 5.93. The topological polar surface area (TPSA) is 84.1 Å². The standard InChI is InChI=1S/C22H22N4O3/c1-13-18(19-20(29-13)23-12-25(2)21(19)27)22(28)26-9-7-14(8-10-26)17-11-15-5-3-4-6-16(15)24-17/h3-6,11-12,14,24H,7-10H2,1-2H3. The summed E-state index contributed by atoms with van der Waals surface area (Å²) in [6, 6.07) is 10.5. The van der Waals surface area contributed by atoms with Crippen molar-refractivity contribution in [2.45, 2.75) is 25.7 Å². The van der Waals surface area contributed by atoms with Gasteiger partial charge in [0.15, 0.2) is 0 Å². The molecule has 4 aromatic rings. The molecule has 1 aliphatic heterocycles. The number of carbonyl (C=O) groups excluding carboxylic acids is 1. The van der Waals surface area contributed by atoms with E-state index in [0.29, 0.717) is 30.3 Å². The molecule has 1 saturated heterocycles. The zero-order valence-electron chi connectivity index (χ0n) is 16.4. The van der Waals surface area contributed by atoms with Crippen LogP contribution in [0.1, 0.15) is 40.6 Å². The lowest BCUT2D eigenvalue weighted by Gasteiger charge is -2.31. The Kier molecular flexibility index (Phi) is 4.04. The van der Waals surface area contributed by atoms with Crippen molar-refractivity contribution in [1.82, 2.24) is 19.4 Å². The number of rotatable bonds is 2. The summed E-state index contributed by atoms with van der Waals surface area (Å²) in [6.45, 7) is 3.00. The van der Waals surface area contributed by atoms with Gasteiger partial charge in [0.25, 0.3) is 11.5 Å². The molecule has 0 aliphatic carbocycles. The number of carbonyl (C=O) groups is 1. The first-order valence-electron chi connectivity index (χ1n) is 9.84. The van der Waals surface area contributed by atoms with E-state index in [9.17, 15) is 9.59 Å². The van der Waals surface area contributed by atoms with Crippen molar-refractivity contribution in [2.75, 3.05) is 13.1 Å². The van der Waals surface area contributed by atoms with Gasteiger partial charge in [-0.15, -0.1) is 0 Å². The molecule has 7 nitrogen and oxygen atoms in total. The Morgan fingerprint density at radius 3 is 2.76 bits per heavy atom. The molecule has 3 aromatic heterocycles. The number of piperidine rings is 1. The second-order valence-electron chi connectivity index (χ2n) is 7.75. The molecule has 7 heteroatoms. The molecular weight excluding hydrogens is 368 g/mol. The number of nitrogens with one attached hydrogen (secondary N) is 1. The van der Waals surface area contributed by atoms with Crippen LogP contribution in [0.2, 0.25) is 0 Å². The summed E-state index contributed by atoms with van der Waals surface area (Å²) in [7, 11) is 1.62. The maximum Gasteiger partial charge on any atom is 0.265 e. The molecule has 1 aliphatic rings. The number of fused-ring (bicyclic) bond motifs is 2. The third-order valence-electron chi connectivity index (χ3n) is 5.93. The van der Waals surface area contributed by atoms with Gasteiger partial charge in [-0.1, -0.05) is 18.2 Å². The quantitative estimate of drug-likeness (QED) is 0.569. The minimum Gasteiger partial charge on any atom is -0.442 e. The van der Waals surface area contributed by atoms with Crippen LogP contribution in [0, 0.1) is 6.92 Å². The van der Waals surface area contributed by atoms with E-state index in [1.54, 1.807) is 14.0 Å². The average molecular weight is 390 g/mol. The molecule has 0 saturated carbocycles. The number of hydrogen-bond acceptors (Lipinski definition) is 4. The molecule has 0 spiro atoms. The first kappa shape index (κ1) is 17.7. The van der Waals surface area contributed by atoms with E-state index in [1.807, 2.05) is 17.0 Å². The smallest absolute Gasteiger partial charge is 0.265 e. The minimum absolute atomic E-state index is 0.151. The van der Waals surface area contributed by atoms with Gasteiger partial charge in [0.1, 0.15) is 17.5 Å². The Morgan fingerprint density at radius 2 is 2.00 bits per heavy atom. The summed E-state index contributed by atoms with van der Waals surface area (Å²) in [6.07, 6.45) is 3.17. The lowest BCUT2D eigenvalue weighted by atomic mass is 9.93. The van der Waals surface area contributed by atoms with Gasteiger partial charge in [0.05, 0.1) is 5.56 Å². The fourth-order valence-electron chi connectivity index (χ4n) is 4.31. The van der Waals surface area contributed by atoms with Crippen molar-refractivity contribution in [2.24, 2.45) is 7.05 Å². The predicted octanol–water partition coefficient (Wildman–Crippen LogP) is 3.34. The number of para-hydroxylation sites is 1. The Bertz CT molecular complexity index is 1260. The number of benzene rings is 1. The molecule has 0 bridgehead atoms. The lowest BCUT2D eigenvalue weighted by molar-refractivity contribution is 0.0712. The van der Waals surface area contributed by atoms with Gasteiger partial charge in [-0.3, -0.25) is 9.59 Å². The molecule has 1 N–H and O–H groups in total. The Hall–Kier alpha value is -3.35. The number of furan rings is 1. The largest absolute Gasteiger partial charge is 0.442 e. The number of aromatic amines is 1. The predicted molar refractivity (Wildman–Crippen MR) is 110 cm³/mol. The maximum atomic E-state index is 13.2. The molecule has 1 amide bonds. The van der Waals surface area contributed by atoms with Crippen molar-refractivity contribution >= 4 is 27.9 Å². The van der Waals surface area contributed by atoms with Crippen LogP contribution < -0.4 is 5.56 Å². The number of nitrogens with zero attached hydrogens (tertiary/aromatic N) is 3. The van der Waals surface area contributed by atoms with Gasteiger partial charge in [-0.25, -0.2) is 4.98 Å². The van der Waals surface area contributed by atoms with Crippen LogP contribution in [0.15, 0.2) is 45.9 Å². The maximum absolute atomic E-state index is 13.2. The first-order chi connectivity index (χ1) is 14.0. The fourth-order valence-corrected chi connectivity index (χ4v) is 4.31. The van der Waals surface area contributed by atoms with Crippen molar-refractivity contribution in [3.8, 4) is 0 Å². The van der Waals surface area contributed by atoms with E-state index in [2.05, 4.69) is 28.2 Å². The SMILES string of the molecule is Cc1oc2ncn(C)c(=O)c2c1C(=O)N1CCC(c2cc3ccccc3[nH]2)CC1. The number of amides is 1. The van der Waals surface area contributed by atoms with Gasteiger partial charge in [0, 0.05) is 37.3 Å². The minimum atomic E-state index is -0.261. The van der Waals surface area contributed by atoms with Crippen LogP contribution in [0.5, 0.6) is 0 Å². The summed E-state index contributed by atoms with van der Waals surface area (Å²) in [5.74, 6) is 0.683. The van der Waals surface area contributed by atoms with Crippen molar-refractivity contribution < 1.29 is 9.21 Å². The van der Waals surface area contributed by atoms with Crippen molar-refractivity contribution in [3.63, 3.8) is 0 Å². The Labute approximate surface area is 167 Å². The zero-order chi connectivity index (χ0) is 20.1. The van der Waals surface area contributed by atoms with Crippen LogP contribution in [0.4, 0.5) is 0 Å². The van der Waals surface area contributed by atoms with Crippen LogP contribution >= 0.6 is 0 Å². The van der Waals surface area contributed by atoms with E-state index in [1.165, 1.54) is 22.0 Å². The monoisotopic (exact) mass is 390 g/mol. The van der Waals surface area contributed by atoms with Crippen LogP contribution in [0.3, 0.4) is 0 Å². The summed E-state index contributed by atoms with van der Waals surface area (Å²) < 4.78 is 6.97. The molecular formula is C22H22N4O3. The Morgan fingerprint density at radius 1 is 1.24 bits per heavy atom. The van der Waals surface area contributed by atoms with Crippen LogP contribution in [-0.4, -0.2) is 38.4 Å². The molecule has 1 fully saturated rings. The fraction of sp³-hybridized carbons (Fsp3) is 0.318. The van der Waals surface area contributed by atoms with Crippen LogP contribution in [0.25, 0.3) is 22.0 Å². The highest BCUT2D eigenvalue weighted by Crippen LogP contribution is 2.31. The van der Waals surface area contributed by atoms with E-state index in [4.69, 9.17) is 4.42 Å². The highest BCUT2D eigenvalue weighted by atomic mass is 16.3. The molecule has 29 heavy (non-hydrogen) atoms. The molecule has 0 radical (unpaired) electrons. The van der Waals surface area contributed by atoms with E-state index >= 15 is 0 Å². The lowest BCUT2D eigenvalue weighted by Crippen LogP contribution is -2.38. The third kappa shape index (κ3) is 2.85. The second kappa shape index (κ2) is 6.62. The number of aryl methyl sites for hydroxylation is 2. The second-order valence-corrected chi connectivity index (χ2v) is 7.75. The molecule has 4 heterocycles.